The van der Waals surface area contributed by atoms with Crippen LogP contribution in [0.1, 0.15) is 17.2 Å². The summed E-state index contributed by atoms with van der Waals surface area (Å²) in [6, 6.07) is 8.60. The first-order valence-electron chi connectivity index (χ1n) is 5.71. The minimum atomic E-state index is -1.39. The zero-order valence-corrected chi connectivity index (χ0v) is 12.1. The van der Waals surface area contributed by atoms with Gasteiger partial charge in [-0.2, -0.15) is 0 Å². The molecule has 1 fully saturated rings. The molecule has 1 aliphatic heterocycles. The summed E-state index contributed by atoms with van der Waals surface area (Å²) in [7, 11) is -1.39. The van der Waals surface area contributed by atoms with E-state index in [1.54, 1.807) is 0 Å². The lowest BCUT2D eigenvalue weighted by Crippen LogP contribution is -2.44. The molecule has 1 aromatic rings. The van der Waals surface area contributed by atoms with Crippen molar-refractivity contribution in [3.05, 3.63) is 35.4 Å². The van der Waals surface area contributed by atoms with E-state index in [9.17, 15) is 0 Å². The second-order valence-corrected chi connectivity index (χ2v) is 11.3. The zero-order chi connectivity index (χ0) is 12.0. The van der Waals surface area contributed by atoms with E-state index >= 15 is 0 Å². The van der Waals surface area contributed by atoms with Crippen molar-refractivity contribution in [1.82, 2.24) is 0 Å². The number of benzene rings is 1. The molecule has 1 saturated heterocycles. The smallest absolute Gasteiger partial charge is 0.110 e. The van der Waals surface area contributed by atoms with Crippen LogP contribution in [0.3, 0.4) is 0 Å². The fourth-order valence-electron chi connectivity index (χ4n) is 2.13. The van der Waals surface area contributed by atoms with E-state index < -0.39 is 8.07 Å². The fourth-order valence-corrected chi connectivity index (χ4v) is 5.36. The van der Waals surface area contributed by atoms with Gasteiger partial charge < -0.3 is 4.74 Å². The van der Waals surface area contributed by atoms with Gasteiger partial charge in [0.25, 0.3) is 0 Å². The van der Waals surface area contributed by atoms with Crippen LogP contribution in [-0.4, -0.2) is 19.2 Å². The SMILES string of the molecule is Cc1ccc(C2OC2(CCl)[Si](C)(C)C)cc1. The average molecular weight is 255 g/mol. The zero-order valence-electron chi connectivity index (χ0n) is 10.4. The van der Waals surface area contributed by atoms with Crippen molar-refractivity contribution in [3.8, 4) is 0 Å². The molecule has 16 heavy (non-hydrogen) atoms. The highest BCUT2D eigenvalue weighted by molar-refractivity contribution is 6.80. The Morgan fingerprint density at radius 2 is 1.81 bits per heavy atom. The molecule has 2 rings (SSSR count). The lowest BCUT2D eigenvalue weighted by atomic mass is 10.1. The molecular formula is C13H19ClOSi. The summed E-state index contributed by atoms with van der Waals surface area (Å²) >= 11 is 6.13. The van der Waals surface area contributed by atoms with Crippen LogP contribution in [0, 0.1) is 6.92 Å². The highest BCUT2D eigenvalue weighted by Gasteiger charge is 2.64. The third-order valence-corrected chi connectivity index (χ3v) is 7.26. The Hall–Kier alpha value is -0.313. The molecule has 1 aliphatic rings. The van der Waals surface area contributed by atoms with Crippen LogP contribution < -0.4 is 0 Å². The van der Waals surface area contributed by atoms with Gasteiger partial charge in [-0.3, -0.25) is 0 Å². The predicted octanol–water partition coefficient (Wildman–Crippen LogP) is 3.92. The van der Waals surface area contributed by atoms with Gasteiger partial charge >= 0.3 is 0 Å². The van der Waals surface area contributed by atoms with Crippen molar-refractivity contribution in [2.75, 3.05) is 5.88 Å². The van der Waals surface area contributed by atoms with E-state index in [1.165, 1.54) is 11.1 Å². The fraction of sp³-hybridized carbons (Fsp3) is 0.538. The monoisotopic (exact) mass is 254 g/mol. The van der Waals surface area contributed by atoms with E-state index in [-0.39, 0.29) is 11.3 Å². The molecule has 0 aromatic heterocycles. The summed E-state index contributed by atoms with van der Waals surface area (Å²) in [5, 5.41) is -0.0518. The molecule has 2 unspecified atom stereocenters. The second-order valence-electron chi connectivity index (χ2n) is 5.68. The van der Waals surface area contributed by atoms with Gasteiger partial charge in [0.1, 0.15) is 11.3 Å². The molecule has 1 nitrogen and oxygen atoms in total. The normalized spacial score (nSPS) is 29.2. The van der Waals surface area contributed by atoms with Crippen molar-refractivity contribution in [1.29, 1.82) is 0 Å². The van der Waals surface area contributed by atoms with Gasteiger partial charge in [-0.15, -0.1) is 11.6 Å². The Bertz CT molecular complexity index is 382. The summed E-state index contributed by atoms with van der Waals surface area (Å²) in [5.74, 6) is 0.612. The number of ether oxygens (including phenoxy) is 1. The van der Waals surface area contributed by atoms with Crippen molar-refractivity contribution >= 4 is 19.7 Å². The lowest BCUT2D eigenvalue weighted by Gasteiger charge is -2.24. The van der Waals surface area contributed by atoms with Crippen LogP contribution in [0.15, 0.2) is 24.3 Å². The standard InChI is InChI=1S/C13H19ClOSi/c1-10-5-7-11(8-6-10)12-13(9-14,15-12)16(2,3)4/h5-8,12H,9H2,1-4H3. The minimum Gasteiger partial charge on any atom is -0.364 e. The van der Waals surface area contributed by atoms with Gasteiger partial charge in [-0.1, -0.05) is 49.5 Å². The van der Waals surface area contributed by atoms with Gasteiger partial charge in [-0.05, 0) is 12.5 Å². The van der Waals surface area contributed by atoms with E-state index in [2.05, 4.69) is 50.8 Å². The molecule has 88 valence electrons. The maximum absolute atomic E-state index is 6.13. The Labute approximate surface area is 104 Å². The summed E-state index contributed by atoms with van der Waals surface area (Å²) in [5.41, 5.74) is 2.56. The molecule has 0 amide bonds. The first-order valence-corrected chi connectivity index (χ1v) is 9.74. The Kier molecular flexibility index (Phi) is 2.93. The molecule has 0 saturated carbocycles. The van der Waals surface area contributed by atoms with Crippen LogP contribution in [-0.2, 0) is 4.74 Å². The molecule has 0 bridgehead atoms. The maximum atomic E-state index is 6.13. The van der Waals surface area contributed by atoms with E-state index in [4.69, 9.17) is 16.3 Å². The van der Waals surface area contributed by atoms with Crippen LogP contribution in [0.25, 0.3) is 0 Å². The summed E-state index contributed by atoms with van der Waals surface area (Å²) in [6.45, 7) is 9.07. The molecule has 2 atom stereocenters. The number of alkyl halides is 1. The number of rotatable bonds is 3. The molecule has 0 aliphatic carbocycles. The molecule has 3 heteroatoms. The third-order valence-electron chi connectivity index (χ3n) is 3.54. The van der Waals surface area contributed by atoms with E-state index in [0.29, 0.717) is 5.88 Å². The number of hydrogen-bond acceptors (Lipinski definition) is 1. The van der Waals surface area contributed by atoms with Gasteiger partial charge in [0.2, 0.25) is 0 Å². The predicted molar refractivity (Wildman–Crippen MR) is 71.8 cm³/mol. The van der Waals surface area contributed by atoms with Gasteiger partial charge in [0.15, 0.2) is 0 Å². The largest absolute Gasteiger partial charge is 0.364 e. The summed E-state index contributed by atoms with van der Waals surface area (Å²) < 4.78 is 5.97. The minimum absolute atomic E-state index is 0.0518. The van der Waals surface area contributed by atoms with Crippen LogP contribution >= 0.6 is 11.6 Å². The average Bonchev–Trinajstić information content (AvgIpc) is 2.94. The van der Waals surface area contributed by atoms with Crippen molar-refractivity contribution < 1.29 is 4.74 Å². The van der Waals surface area contributed by atoms with Crippen LogP contribution in [0.2, 0.25) is 19.6 Å². The Balaban J connectivity index is 2.24. The highest BCUT2D eigenvalue weighted by Crippen LogP contribution is 2.55. The van der Waals surface area contributed by atoms with Crippen LogP contribution in [0.5, 0.6) is 0 Å². The summed E-state index contributed by atoms with van der Waals surface area (Å²) in [4.78, 5) is 0. The van der Waals surface area contributed by atoms with E-state index in [0.717, 1.165) is 0 Å². The van der Waals surface area contributed by atoms with Gasteiger partial charge in [0, 0.05) is 0 Å². The quantitative estimate of drug-likeness (QED) is 0.453. The molecular weight excluding hydrogens is 236 g/mol. The van der Waals surface area contributed by atoms with Gasteiger partial charge in [-0.25, -0.2) is 0 Å². The van der Waals surface area contributed by atoms with Crippen molar-refractivity contribution in [2.45, 2.75) is 37.9 Å². The number of epoxide rings is 1. The number of halogens is 1. The second kappa shape index (κ2) is 3.86. The molecule has 0 radical (unpaired) electrons. The van der Waals surface area contributed by atoms with Crippen molar-refractivity contribution in [3.63, 3.8) is 0 Å². The van der Waals surface area contributed by atoms with Gasteiger partial charge in [0.05, 0.1) is 14.0 Å². The molecule has 1 aromatic carbocycles. The summed E-state index contributed by atoms with van der Waals surface area (Å²) in [6.07, 6.45) is 0.220. The molecule has 0 spiro atoms. The maximum Gasteiger partial charge on any atom is 0.110 e. The molecule has 0 N–H and O–H groups in total. The van der Waals surface area contributed by atoms with Crippen LogP contribution in [0.4, 0.5) is 0 Å². The number of aryl methyl sites for hydroxylation is 1. The molecule has 1 heterocycles. The third kappa shape index (κ3) is 1.83. The number of hydrogen-bond donors (Lipinski definition) is 0. The van der Waals surface area contributed by atoms with E-state index in [1.807, 2.05) is 0 Å². The Morgan fingerprint density at radius 3 is 2.19 bits per heavy atom. The lowest BCUT2D eigenvalue weighted by molar-refractivity contribution is 0.359. The first kappa shape index (κ1) is 12.2. The van der Waals surface area contributed by atoms with Crippen molar-refractivity contribution in [2.24, 2.45) is 0 Å². The first-order chi connectivity index (χ1) is 7.40. The Morgan fingerprint density at radius 1 is 1.25 bits per heavy atom. The topological polar surface area (TPSA) is 12.5 Å². The highest BCUT2D eigenvalue weighted by atomic mass is 35.5.